The number of ether oxygens (including phenoxy) is 2. The fourth-order valence-corrected chi connectivity index (χ4v) is 4.36. The summed E-state index contributed by atoms with van der Waals surface area (Å²) in [5, 5.41) is 6.07. The maximum absolute atomic E-state index is 12.9. The first-order valence-corrected chi connectivity index (χ1v) is 12.5. The minimum atomic E-state index is -0.696. The monoisotopic (exact) mass is 553 g/mol. The second-order valence-electron chi connectivity index (χ2n) is 8.35. The number of benzene rings is 3. The molecule has 0 radical (unpaired) electrons. The lowest BCUT2D eigenvalue weighted by molar-refractivity contribution is -0.127. The Morgan fingerprint density at radius 1 is 1.03 bits per heavy atom. The molecule has 196 valence electrons. The van der Waals surface area contributed by atoms with Gasteiger partial charge in [0.15, 0.2) is 11.5 Å². The molecule has 0 saturated carbocycles. The van der Waals surface area contributed by atoms with Crippen molar-refractivity contribution >= 4 is 52.8 Å². The van der Waals surface area contributed by atoms with Crippen molar-refractivity contribution in [3.63, 3.8) is 0 Å². The van der Waals surface area contributed by atoms with Crippen molar-refractivity contribution in [3.8, 4) is 11.5 Å². The Balaban J connectivity index is 1.48. The number of anilines is 1. The van der Waals surface area contributed by atoms with Crippen LogP contribution in [0.3, 0.4) is 0 Å². The van der Waals surface area contributed by atoms with Gasteiger partial charge in [-0.05, 0) is 47.9 Å². The number of urea groups is 1. The third-order valence-electron chi connectivity index (χ3n) is 5.83. The van der Waals surface area contributed by atoms with E-state index in [0.717, 1.165) is 22.4 Å². The Kier molecular flexibility index (Phi) is 8.55. The fraction of sp³-hybridized carbons (Fsp3) is 0.179. The molecule has 0 unspecified atom stereocenters. The van der Waals surface area contributed by atoms with Crippen LogP contribution in [0.4, 0.5) is 10.5 Å². The van der Waals surface area contributed by atoms with E-state index in [-0.39, 0.29) is 17.3 Å². The van der Waals surface area contributed by atoms with Gasteiger partial charge in [-0.1, -0.05) is 66.5 Å². The molecule has 0 aliphatic carbocycles. The molecule has 4 rings (SSSR count). The molecule has 2 N–H and O–H groups in total. The standard InChI is InChI=1S/C28H25Cl2N3O5/c1-3-18-8-5-7-11-22(18)31-25(34)15-33-27(35)23(32-28(33)36)13-17-12-21(30)26(24(14-17)37-2)38-16-19-9-4-6-10-20(19)29/h4-14H,3,15-16H2,1-2H3,(H,31,34)(H,32,36)/b23-13+. The van der Waals surface area contributed by atoms with E-state index in [2.05, 4.69) is 10.6 Å². The first-order valence-electron chi connectivity index (χ1n) is 11.8. The van der Waals surface area contributed by atoms with Crippen molar-refractivity contribution in [1.82, 2.24) is 10.2 Å². The van der Waals surface area contributed by atoms with Gasteiger partial charge < -0.3 is 20.1 Å². The molecule has 3 aromatic carbocycles. The smallest absolute Gasteiger partial charge is 0.329 e. The van der Waals surface area contributed by atoms with E-state index in [1.807, 2.05) is 37.3 Å². The average Bonchev–Trinajstić information content (AvgIpc) is 3.16. The van der Waals surface area contributed by atoms with Gasteiger partial charge in [0.25, 0.3) is 5.91 Å². The molecule has 38 heavy (non-hydrogen) atoms. The number of nitrogens with one attached hydrogen (secondary N) is 2. The predicted molar refractivity (Wildman–Crippen MR) is 146 cm³/mol. The van der Waals surface area contributed by atoms with Gasteiger partial charge in [-0.3, -0.25) is 9.59 Å². The van der Waals surface area contributed by atoms with E-state index in [9.17, 15) is 14.4 Å². The summed E-state index contributed by atoms with van der Waals surface area (Å²) in [4.78, 5) is 38.8. The van der Waals surface area contributed by atoms with Crippen LogP contribution >= 0.6 is 23.2 Å². The van der Waals surface area contributed by atoms with E-state index < -0.39 is 24.4 Å². The normalized spacial score (nSPS) is 14.0. The van der Waals surface area contributed by atoms with Gasteiger partial charge in [0.1, 0.15) is 18.8 Å². The number of rotatable bonds is 9. The van der Waals surface area contributed by atoms with Crippen LogP contribution in [0.15, 0.2) is 66.4 Å². The molecule has 1 aliphatic heterocycles. The van der Waals surface area contributed by atoms with Gasteiger partial charge in [-0.25, -0.2) is 9.69 Å². The summed E-state index contributed by atoms with van der Waals surface area (Å²) >= 11 is 12.7. The molecule has 1 saturated heterocycles. The SMILES string of the molecule is CCc1ccccc1NC(=O)CN1C(=O)N/C(=C/c2cc(Cl)c(OCc3ccccc3Cl)c(OC)c2)C1=O. The first-order chi connectivity index (χ1) is 18.3. The number of halogens is 2. The van der Waals surface area contributed by atoms with Gasteiger partial charge in [-0.15, -0.1) is 0 Å². The second-order valence-corrected chi connectivity index (χ2v) is 9.17. The van der Waals surface area contributed by atoms with Gasteiger partial charge in [0.2, 0.25) is 5.91 Å². The molecule has 8 nitrogen and oxygen atoms in total. The highest BCUT2D eigenvalue weighted by molar-refractivity contribution is 6.32. The van der Waals surface area contributed by atoms with Gasteiger partial charge in [0.05, 0.1) is 12.1 Å². The lowest BCUT2D eigenvalue weighted by atomic mass is 10.1. The number of imide groups is 1. The number of nitrogens with zero attached hydrogens (tertiary/aromatic N) is 1. The van der Waals surface area contributed by atoms with Crippen molar-refractivity contribution in [1.29, 1.82) is 0 Å². The fourth-order valence-electron chi connectivity index (χ4n) is 3.89. The van der Waals surface area contributed by atoms with Gasteiger partial charge >= 0.3 is 6.03 Å². The Labute approximate surface area is 230 Å². The molecule has 0 aromatic heterocycles. The number of hydrogen-bond acceptors (Lipinski definition) is 5. The average molecular weight is 554 g/mol. The number of carbonyl (C=O) groups is 3. The van der Waals surface area contributed by atoms with Crippen LogP contribution in [-0.4, -0.2) is 36.4 Å². The summed E-state index contributed by atoms with van der Waals surface area (Å²) in [5.41, 5.74) is 2.86. The van der Waals surface area contributed by atoms with Gasteiger partial charge in [-0.2, -0.15) is 0 Å². The van der Waals surface area contributed by atoms with Crippen LogP contribution in [0.2, 0.25) is 10.0 Å². The Bertz CT molecular complexity index is 1420. The third-order valence-corrected chi connectivity index (χ3v) is 6.48. The van der Waals surface area contributed by atoms with Crippen molar-refractivity contribution in [2.45, 2.75) is 20.0 Å². The van der Waals surface area contributed by atoms with E-state index in [1.165, 1.54) is 13.2 Å². The minimum absolute atomic E-state index is 0.000358. The zero-order valence-corrected chi connectivity index (χ0v) is 22.2. The zero-order chi connectivity index (χ0) is 27.2. The van der Waals surface area contributed by atoms with E-state index >= 15 is 0 Å². The molecular weight excluding hydrogens is 529 g/mol. The summed E-state index contributed by atoms with van der Waals surface area (Å²) in [6.45, 7) is 1.71. The van der Waals surface area contributed by atoms with E-state index in [4.69, 9.17) is 32.7 Å². The van der Waals surface area contributed by atoms with Crippen molar-refractivity contribution < 1.29 is 23.9 Å². The lowest BCUT2D eigenvalue weighted by Crippen LogP contribution is -2.38. The molecule has 0 bridgehead atoms. The van der Waals surface area contributed by atoms with E-state index in [1.54, 1.807) is 30.3 Å². The Hall–Kier alpha value is -4.01. The summed E-state index contributed by atoms with van der Waals surface area (Å²) in [7, 11) is 1.46. The number of carbonyl (C=O) groups excluding carboxylic acids is 3. The topological polar surface area (TPSA) is 97.0 Å². The van der Waals surface area contributed by atoms with Crippen LogP contribution in [0, 0.1) is 0 Å². The number of aryl methyl sites for hydroxylation is 1. The Morgan fingerprint density at radius 3 is 2.45 bits per heavy atom. The number of methoxy groups -OCH3 is 1. The van der Waals surface area contributed by atoms with Crippen molar-refractivity contribution in [3.05, 3.63) is 93.1 Å². The molecule has 1 heterocycles. The number of para-hydroxylation sites is 1. The van der Waals surface area contributed by atoms with Crippen LogP contribution in [0.25, 0.3) is 6.08 Å². The molecule has 1 aliphatic rings. The van der Waals surface area contributed by atoms with Crippen LogP contribution in [0.1, 0.15) is 23.6 Å². The molecular formula is C28H25Cl2N3O5. The molecule has 1 fully saturated rings. The maximum atomic E-state index is 12.9. The number of amides is 4. The van der Waals surface area contributed by atoms with E-state index in [0.29, 0.717) is 27.8 Å². The Morgan fingerprint density at radius 2 is 1.74 bits per heavy atom. The van der Waals surface area contributed by atoms with Crippen LogP contribution in [-0.2, 0) is 22.6 Å². The molecule has 0 atom stereocenters. The number of hydrogen-bond donors (Lipinski definition) is 2. The summed E-state index contributed by atoms with van der Waals surface area (Å²) < 4.78 is 11.3. The molecule has 4 amide bonds. The quantitative estimate of drug-likeness (QED) is 0.262. The highest BCUT2D eigenvalue weighted by atomic mass is 35.5. The van der Waals surface area contributed by atoms with Crippen molar-refractivity contribution in [2.75, 3.05) is 19.0 Å². The lowest BCUT2D eigenvalue weighted by Gasteiger charge is -2.14. The van der Waals surface area contributed by atoms with Crippen LogP contribution < -0.4 is 20.1 Å². The molecule has 0 spiro atoms. The third kappa shape index (κ3) is 6.10. The second kappa shape index (κ2) is 12.0. The molecule has 10 heteroatoms. The van der Waals surface area contributed by atoms with Crippen LogP contribution in [0.5, 0.6) is 11.5 Å². The summed E-state index contributed by atoms with van der Waals surface area (Å²) in [6, 6.07) is 17.1. The zero-order valence-electron chi connectivity index (χ0n) is 20.7. The highest BCUT2D eigenvalue weighted by Gasteiger charge is 2.35. The predicted octanol–water partition coefficient (Wildman–Crippen LogP) is 5.67. The summed E-state index contributed by atoms with van der Waals surface area (Å²) in [6.07, 6.45) is 2.18. The largest absolute Gasteiger partial charge is 0.493 e. The maximum Gasteiger partial charge on any atom is 0.329 e. The minimum Gasteiger partial charge on any atom is -0.493 e. The van der Waals surface area contributed by atoms with Crippen molar-refractivity contribution in [2.24, 2.45) is 0 Å². The highest BCUT2D eigenvalue weighted by Crippen LogP contribution is 2.38. The molecule has 3 aromatic rings. The van der Waals surface area contributed by atoms with Gasteiger partial charge in [0, 0.05) is 16.3 Å². The summed E-state index contributed by atoms with van der Waals surface area (Å²) in [5.74, 6) is -0.480. The first kappa shape index (κ1) is 27.0.